The molecule has 0 aromatic heterocycles. The van der Waals surface area contributed by atoms with E-state index in [4.69, 9.17) is 14.2 Å². The van der Waals surface area contributed by atoms with E-state index >= 15 is 0 Å². The fourth-order valence-electron chi connectivity index (χ4n) is 3.60. The van der Waals surface area contributed by atoms with Crippen molar-refractivity contribution in [2.24, 2.45) is 0 Å². The molecule has 0 aliphatic carbocycles. The number of hydrogen-bond donors (Lipinski definition) is 1. The zero-order chi connectivity index (χ0) is 20.1. The molecule has 0 spiro atoms. The van der Waals surface area contributed by atoms with Gasteiger partial charge < -0.3 is 24.2 Å². The van der Waals surface area contributed by atoms with Crippen molar-refractivity contribution in [3.8, 4) is 17.2 Å². The van der Waals surface area contributed by atoms with Crippen LogP contribution in [-0.2, 0) is 16.8 Å². The topological polar surface area (TPSA) is 68.2 Å². The van der Waals surface area contributed by atoms with E-state index in [1.54, 1.807) is 27.4 Å². The predicted octanol–water partition coefficient (Wildman–Crippen LogP) is 2.77. The van der Waals surface area contributed by atoms with Gasteiger partial charge in [-0.3, -0.25) is 4.79 Å². The summed E-state index contributed by atoms with van der Waals surface area (Å²) in [6.07, 6.45) is 1.29. The number of nitrogens with zero attached hydrogens (tertiary/aromatic N) is 1. The highest BCUT2D eigenvalue weighted by molar-refractivity contribution is 5.79. The summed E-state index contributed by atoms with van der Waals surface area (Å²) >= 11 is 0. The van der Waals surface area contributed by atoms with E-state index < -0.39 is 5.60 Å². The summed E-state index contributed by atoms with van der Waals surface area (Å²) in [5, 5.41) is 11.1. The molecule has 0 unspecified atom stereocenters. The Hall–Kier alpha value is -2.73. The Morgan fingerprint density at radius 2 is 1.71 bits per heavy atom. The first-order chi connectivity index (χ1) is 13.5. The molecule has 2 aromatic rings. The molecule has 0 radical (unpaired) electrons. The maximum atomic E-state index is 12.7. The number of rotatable bonds is 6. The minimum atomic E-state index is -0.936. The van der Waals surface area contributed by atoms with Gasteiger partial charge in [0.15, 0.2) is 11.5 Å². The first-order valence-electron chi connectivity index (χ1n) is 9.34. The van der Waals surface area contributed by atoms with Crippen molar-refractivity contribution in [2.75, 3.05) is 34.4 Å². The van der Waals surface area contributed by atoms with E-state index in [9.17, 15) is 9.90 Å². The molecule has 6 nitrogen and oxygen atoms in total. The maximum Gasteiger partial charge on any atom is 0.226 e. The molecular formula is C22H27NO5. The SMILES string of the molecule is COc1cccc(C2(O)CCN(C(=O)Cc3ccc(OC)c(OC)c3)CC2)c1. The quantitative estimate of drug-likeness (QED) is 0.828. The summed E-state index contributed by atoms with van der Waals surface area (Å²) in [5.41, 5.74) is 0.768. The Balaban J connectivity index is 1.63. The molecule has 2 aromatic carbocycles. The smallest absolute Gasteiger partial charge is 0.226 e. The van der Waals surface area contributed by atoms with E-state index in [2.05, 4.69) is 0 Å². The first-order valence-corrected chi connectivity index (χ1v) is 9.34. The van der Waals surface area contributed by atoms with Crippen LogP contribution in [0.5, 0.6) is 17.2 Å². The number of hydrogen-bond acceptors (Lipinski definition) is 5. The molecule has 0 atom stereocenters. The Labute approximate surface area is 165 Å². The fourth-order valence-corrected chi connectivity index (χ4v) is 3.60. The lowest BCUT2D eigenvalue weighted by Gasteiger charge is -2.38. The molecule has 1 heterocycles. The van der Waals surface area contributed by atoms with Crippen LogP contribution in [0.15, 0.2) is 42.5 Å². The summed E-state index contributed by atoms with van der Waals surface area (Å²) < 4.78 is 15.8. The van der Waals surface area contributed by atoms with Gasteiger partial charge in [-0.1, -0.05) is 18.2 Å². The van der Waals surface area contributed by atoms with Crippen molar-refractivity contribution in [1.29, 1.82) is 0 Å². The Bertz CT molecular complexity index is 827. The molecule has 1 aliphatic rings. The lowest BCUT2D eigenvalue weighted by Crippen LogP contribution is -2.45. The molecule has 1 fully saturated rings. The summed E-state index contributed by atoms with van der Waals surface area (Å²) in [4.78, 5) is 14.5. The van der Waals surface area contributed by atoms with Crippen LogP contribution in [0.3, 0.4) is 0 Å². The van der Waals surface area contributed by atoms with Crippen LogP contribution in [0, 0.1) is 0 Å². The van der Waals surface area contributed by atoms with Crippen LogP contribution in [0.4, 0.5) is 0 Å². The second-order valence-electron chi connectivity index (χ2n) is 7.01. The van der Waals surface area contributed by atoms with Crippen molar-refractivity contribution in [3.63, 3.8) is 0 Å². The molecule has 1 amide bonds. The standard InChI is InChI=1S/C22H27NO5/c1-26-18-6-4-5-17(15-18)22(25)9-11-23(12-10-22)21(24)14-16-7-8-19(27-2)20(13-16)28-3/h4-8,13,15,25H,9-12,14H2,1-3H3. The van der Waals surface area contributed by atoms with Crippen molar-refractivity contribution >= 4 is 5.91 Å². The van der Waals surface area contributed by atoms with Crippen LogP contribution in [0.1, 0.15) is 24.0 Å². The minimum absolute atomic E-state index is 0.0416. The number of carbonyl (C=O) groups is 1. The molecule has 1 N–H and O–H groups in total. The highest BCUT2D eigenvalue weighted by Gasteiger charge is 2.35. The van der Waals surface area contributed by atoms with Crippen molar-refractivity contribution in [1.82, 2.24) is 4.90 Å². The van der Waals surface area contributed by atoms with Gasteiger partial charge in [-0.15, -0.1) is 0 Å². The average molecular weight is 385 g/mol. The zero-order valence-electron chi connectivity index (χ0n) is 16.6. The molecule has 3 rings (SSSR count). The predicted molar refractivity (Wildman–Crippen MR) is 106 cm³/mol. The third-order valence-electron chi connectivity index (χ3n) is 5.35. The number of carbonyl (C=O) groups excluding carboxylic acids is 1. The highest BCUT2D eigenvalue weighted by Crippen LogP contribution is 2.35. The van der Waals surface area contributed by atoms with Gasteiger partial charge in [0.1, 0.15) is 5.75 Å². The first kappa shape index (κ1) is 20.0. The monoisotopic (exact) mass is 385 g/mol. The van der Waals surface area contributed by atoms with E-state index in [1.807, 2.05) is 41.3 Å². The number of likely N-dealkylation sites (tertiary alicyclic amines) is 1. The zero-order valence-corrected chi connectivity index (χ0v) is 16.6. The van der Waals surface area contributed by atoms with E-state index in [1.165, 1.54) is 0 Å². The highest BCUT2D eigenvalue weighted by atomic mass is 16.5. The normalized spacial score (nSPS) is 15.8. The van der Waals surface area contributed by atoms with Crippen LogP contribution in [0.25, 0.3) is 0 Å². The molecule has 150 valence electrons. The molecule has 1 aliphatic heterocycles. The lowest BCUT2D eigenvalue weighted by atomic mass is 9.84. The van der Waals surface area contributed by atoms with Gasteiger partial charge in [0.05, 0.1) is 33.4 Å². The third-order valence-corrected chi connectivity index (χ3v) is 5.35. The largest absolute Gasteiger partial charge is 0.497 e. The van der Waals surface area contributed by atoms with Gasteiger partial charge >= 0.3 is 0 Å². The number of ether oxygens (including phenoxy) is 3. The second kappa shape index (κ2) is 8.52. The Morgan fingerprint density at radius 3 is 2.36 bits per heavy atom. The van der Waals surface area contributed by atoms with Gasteiger partial charge in [-0.2, -0.15) is 0 Å². The van der Waals surface area contributed by atoms with E-state index in [0.29, 0.717) is 37.4 Å². The summed E-state index contributed by atoms with van der Waals surface area (Å²) in [5.74, 6) is 2.01. The van der Waals surface area contributed by atoms with Crippen LogP contribution in [-0.4, -0.2) is 50.3 Å². The third kappa shape index (κ3) is 4.22. The summed E-state index contributed by atoms with van der Waals surface area (Å²) in [6.45, 7) is 1.03. The lowest BCUT2D eigenvalue weighted by molar-refractivity contribution is -0.135. The van der Waals surface area contributed by atoms with Crippen LogP contribution in [0.2, 0.25) is 0 Å². The summed E-state index contributed by atoms with van der Waals surface area (Å²) in [6, 6.07) is 13.0. The number of piperidine rings is 1. The van der Waals surface area contributed by atoms with Crippen LogP contribution >= 0.6 is 0 Å². The number of benzene rings is 2. The number of amides is 1. The van der Waals surface area contributed by atoms with Gasteiger partial charge in [0, 0.05) is 13.1 Å². The number of aliphatic hydroxyl groups is 1. The second-order valence-corrected chi connectivity index (χ2v) is 7.01. The average Bonchev–Trinajstić information content (AvgIpc) is 2.74. The molecular weight excluding hydrogens is 358 g/mol. The molecule has 0 saturated carbocycles. The summed E-state index contributed by atoms with van der Waals surface area (Å²) in [7, 11) is 4.77. The van der Waals surface area contributed by atoms with Gasteiger partial charge in [-0.25, -0.2) is 0 Å². The van der Waals surface area contributed by atoms with E-state index in [-0.39, 0.29) is 12.3 Å². The van der Waals surface area contributed by atoms with Crippen molar-refractivity contribution in [2.45, 2.75) is 24.9 Å². The molecule has 0 bridgehead atoms. The fraction of sp³-hybridized carbons (Fsp3) is 0.409. The number of methoxy groups -OCH3 is 3. The Morgan fingerprint density at radius 1 is 1.00 bits per heavy atom. The van der Waals surface area contributed by atoms with Crippen molar-refractivity contribution in [3.05, 3.63) is 53.6 Å². The molecule has 28 heavy (non-hydrogen) atoms. The van der Waals surface area contributed by atoms with Gasteiger partial charge in [0.2, 0.25) is 5.91 Å². The van der Waals surface area contributed by atoms with Gasteiger partial charge in [-0.05, 0) is 48.2 Å². The maximum absolute atomic E-state index is 12.7. The van der Waals surface area contributed by atoms with Gasteiger partial charge in [0.25, 0.3) is 0 Å². The van der Waals surface area contributed by atoms with Crippen LogP contribution < -0.4 is 14.2 Å². The minimum Gasteiger partial charge on any atom is -0.497 e. The van der Waals surface area contributed by atoms with Crippen molar-refractivity contribution < 1.29 is 24.1 Å². The Kier molecular flexibility index (Phi) is 6.09. The molecule has 1 saturated heterocycles. The molecule has 6 heteroatoms. The van der Waals surface area contributed by atoms with E-state index in [0.717, 1.165) is 16.9 Å².